The molecule has 0 aliphatic carbocycles. The maximum absolute atomic E-state index is 8.78. The van der Waals surface area contributed by atoms with Crippen LogP contribution in [0.1, 0.15) is 36.1 Å². The number of halogens is 1. The highest BCUT2D eigenvalue weighted by Crippen LogP contribution is 2.19. The smallest absolute Gasteiger partial charge is 0.0991 e. The lowest BCUT2D eigenvalue weighted by Gasteiger charge is -2.17. The van der Waals surface area contributed by atoms with Crippen molar-refractivity contribution in [3.05, 3.63) is 70.2 Å². The number of nitrogens with zero attached hydrogens (tertiary/aromatic N) is 1. The van der Waals surface area contributed by atoms with Crippen LogP contribution in [0.5, 0.6) is 0 Å². The standard InChI is InChI=1S/C17H17ClN2/c1-2-17(15-7-9-16(18)10-8-15)20-12-14-5-3-13(11-19)4-6-14/h3-10,17,20H,2,12H2,1H3/t17-/m0/s1. The van der Waals surface area contributed by atoms with Crippen LogP contribution in [0.3, 0.4) is 0 Å². The molecule has 1 atom stereocenters. The second-order valence-electron chi connectivity index (χ2n) is 4.70. The van der Waals surface area contributed by atoms with Crippen LogP contribution in [0.4, 0.5) is 0 Å². The zero-order valence-electron chi connectivity index (χ0n) is 11.4. The van der Waals surface area contributed by atoms with Crippen LogP contribution in [0.15, 0.2) is 48.5 Å². The predicted octanol–water partition coefficient (Wildman–Crippen LogP) is 4.45. The number of rotatable bonds is 5. The SMILES string of the molecule is CC[C@H](NCc1ccc(C#N)cc1)c1ccc(Cl)cc1. The maximum atomic E-state index is 8.78. The number of hydrogen-bond acceptors (Lipinski definition) is 2. The zero-order valence-corrected chi connectivity index (χ0v) is 12.2. The summed E-state index contributed by atoms with van der Waals surface area (Å²) in [5.41, 5.74) is 3.11. The van der Waals surface area contributed by atoms with Gasteiger partial charge in [-0.1, -0.05) is 42.8 Å². The molecule has 2 aromatic rings. The molecule has 0 heterocycles. The van der Waals surface area contributed by atoms with Gasteiger partial charge in [0.2, 0.25) is 0 Å². The van der Waals surface area contributed by atoms with Crippen LogP contribution in [0.2, 0.25) is 5.02 Å². The average Bonchev–Trinajstić information content (AvgIpc) is 2.50. The minimum absolute atomic E-state index is 0.308. The van der Waals surface area contributed by atoms with Crippen molar-refractivity contribution in [1.82, 2.24) is 5.32 Å². The number of nitrogens with one attached hydrogen (secondary N) is 1. The van der Waals surface area contributed by atoms with Gasteiger partial charge in [-0.3, -0.25) is 0 Å². The fraction of sp³-hybridized carbons (Fsp3) is 0.235. The fourth-order valence-electron chi connectivity index (χ4n) is 2.13. The first-order valence-corrected chi connectivity index (χ1v) is 7.08. The van der Waals surface area contributed by atoms with Gasteiger partial charge in [-0.25, -0.2) is 0 Å². The van der Waals surface area contributed by atoms with E-state index in [9.17, 15) is 0 Å². The largest absolute Gasteiger partial charge is 0.306 e. The Bertz CT molecular complexity index is 582. The minimum atomic E-state index is 0.308. The van der Waals surface area contributed by atoms with Gasteiger partial charge in [0.1, 0.15) is 0 Å². The molecule has 3 heteroatoms. The van der Waals surface area contributed by atoms with Crippen molar-refractivity contribution < 1.29 is 0 Å². The molecule has 0 aliphatic heterocycles. The van der Waals surface area contributed by atoms with Crippen LogP contribution in [0, 0.1) is 11.3 Å². The summed E-state index contributed by atoms with van der Waals surface area (Å²) in [5.74, 6) is 0. The third-order valence-electron chi connectivity index (χ3n) is 3.32. The normalized spacial score (nSPS) is 11.8. The Morgan fingerprint density at radius 1 is 1.10 bits per heavy atom. The minimum Gasteiger partial charge on any atom is -0.306 e. The molecule has 1 N–H and O–H groups in total. The quantitative estimate of drug-likeness (QED) is 0.880. The summed E-state index contributed by atoms with van der Waals surface area (Å²) in [4.78, 5) is 0. The lowest BCUT2D eigenvalue weighted by molar-refractivity contribution is 0.519. The first-order valence-electron chi connectivity index (χ1n) is 6.71. The van der Waals surface area contributed by atoms with Crippen molar-refractivity contribution in [3.8, 4) is 6.07 Å². The summed E-state index contributed by atoms with van der Waals surface area (Å²) in [6.07, 6.45) is 1.01. The lowest BCUT2D eigenvalue weighted by atomic mass is 10.0. The molecular formula is C17H17ClN2. The topological polar surface area (TPSA) is 35.8 Å². The second-order valence-corrected chi connectivity index (χ2v) is 5.14. The fourth-order valence-corrected chi connectivity index (χ4v) is 2.26. The van der Waals surface area contributed by atoms with Crippen molar-refractivity contribution in [2.24, 2.45) is 0 Å². The Morgan fingerprint density at radius 3 is 2.30 bits per heavy atom. The molecule has 2 nitrogen and oxygen atoms in total. The van der Waals surface area contributed by atoms with Crippen molar-refractivity contribution >= 4 is 11.6 Å². The van der Waals surface area contributed by atoms with Crippen molar-refractivity contribution in [3.63, 3.8) is 0 Å². The number of hydrogen-bond donors (Lipinski definition) is 1. The van der Waals surface area contributed by atoms with Crippen LogP contribution in [0.25, 0.3) is 0 Å². The van der Waals surface area contributed by atoms with Crippen molar-refractivity contribution in [2.45, 2.75) is 25.9 Å². The molecule has 0 fully saturated rings. The third-order valence-corrected chi connectivity index (χ3v) is 3.57. The second kappa shape index (κ2) is 7.09. The van der Waals surface area contributed by atoms with Crippen molar-refractivity contribution in [2.75, 3.05) is 0 Å². The summed E-state index contributed by atoms with van der Waals surface area (Å²) in [6, 6.07) is 18.1. The van der Waals surface area contributed by atoms with Gasteiger partial charge in [0, 0.05) is 17.6 Å². The molecule has 20 heavy (non-hydrogen) atoms. The van der Waals surface area contributed by atoms with Gasteiger partial charge in [-0.05, 0) is 41.8 Å². The van der Waals surface area contributed by atoms with Crippen LogP contribution >= 0.6 is 11.6 Å². The summed E-state index contributed by atoms with van der Waals surface area (Å²) >= 11 is 5.91. The van der Waals surface area contributed by atoms with E-state index in [1.807, 2.05) is 36.4 Å². The van der Waals surface area contributed by atoms with E-state index >= 15 is 0 Å². The molecule has 102 valence electrons. The summed E-state index contributed by atoms with van der Waals surface area (Å²) in [5, 5.41) is 13.1. The molecule has 0 amide bonds. The molecule has 0 saturated carbocycles. The molecule has 0 spiro atoms. The number of benzene rings is 2. The highest BCUT2D eigenvalue weighted by atomic mass is 35.5. The van der Waals surface area contributed by atoms with Crippen LogP contribution < -0.4 is 5.32 Å². The summed E-state index contributed by atoms with van der Waals surface area (Å²) in [6.45, 7) is 2.94. The Kier molecular flexibility index (Phi) is 5.17. The molecule has 0 saturated heterocycles. The van der Waals surface area contributed by atoms with E-state index in [0.717, 1.165) is 18.0 Å². The molecule has 0 aromatic heterocycles. The molecule has 0 aliphatic rings. The van der Waals surface area contributed by atoms with Crippen molar-refractivity contribution in [1.29, 1.82) is 5.26 Å². The summed E-state index contributed by atoms with van der Waals surface area (Å²) < 4.78 is 0. The van der Waals surface area contributed by atoms with Gasteiger partial charge in [-0.15, -0.1) is 0 Å². The average molecular weight is 285 g/mol. The van der Waals surface area contributed by atoms with E-state index in [-0.39, 0.29) is 0 Å². The number of nitriles is 1. The van der Waals surface area contributed by atoms with Gasteiger partial charge in [0.05, 0.1) is 11.6 Å². The van der Waals surface area contributed by atoms with E-state index in [0.29, 0.717) is 11.6 Å². The first kappa shape index (κ1) is 14.6. The van der Waals surface area contributed by atoms with Crippen LogP contribution in [-0.4, -0.2) is 0 Å². The van der Waals surface area contributed by atoms with Crippen LogP contribution in [-0.2, 0) is 6.54 Å². The lowest BCUT2D eigenvalue weighted by Crippen LogP contribution is -2.20. The maximum Gasteiger partial charge on any atom is 0.0991 e. The zero-order chi connectivity index (χ0) is 14.4. The third kappa shape index (κ3) is 3.84. The van der Waals surface area contributed by atoms with E-state index in [1.54, 1.807) is 0 Å². The molecule has 0 radical (unpaired) electrons. The molecule has 0 unspecified atom stereocenters. The molecular weight excluding hydrogens is 268 g/mol. The van der Waals surface area contributed by atoms with Gasteiger partial charge < -0.3 is 5.32 Å². The molecule has 2 aromatic carbocycles. The summed E-state index contributed by atoms with van der Waals surface area (Å²) in [7, 11) is 0. The van der Waals surface area contributed by atoms with E-state index < -0.39 is 0 Å². The van der Waals surface area contributed by atoms with E-state index in [2.05, 4.69) is 30.4 Å². The van der Waals surface area contributed by atoms with E-state index in [4.69, 9.17) is 16.9 Å². The molecule has 2 rings (SSSR count). The van der Waals surface area contributed by atoms with Gasteiger partial charge in [0.25, 0.3) is 0 Å². The Hall–Kier alpha value is -1.82. The highest BCUT2D eigenvalue weighted by molar-refractivity contribution is 6.30. The Labute approximate surface area is 125 Å². The first-order chi connectivity index (χ1) is 9.72. The Morgan fingerprint density at radius 2 is 1.75 bits per heavy atom. The molecule has 0 bridgehead atoms. The predicted molar refractivity (Wildman–Crippen MR) is 82.5 cm³/mol. The van der Waals surface area contributed by atoms with Gasteiger partial charge >= 0.3 is 0 Å². The van der Waals surface area contributed by atoms with E-state index in [1.165, 1.54) is 11.1 Å². The monoisotopic (exact) mass is 284 g/mol. The Balaban J connectivity index is 2.00. The highest BCUT2D eigenvalue weighted by Gasteiger charge is 2.08. The van der Waals surface area contributed by atoms with Gasteiger partial charge in [0.15, 0.2) is 0 Å². The van der Waals surface area contributed by atoms with Gasteiger partial charge in [-0.2, -0.15) is 5.26 Å².